The fraction of sp³-hybridized carbons (Fsp3) is 0.762. The molecule has 3 fully saturated rings. The molecule has 0 bridgehead atoms. The second-order valence-corrected chi connectivity index (χ2v) is 12.2. The smallest absolute Gasteiger partial charge is 0.252 e. The van der Waals surface area contributed by atoms with Gasteiger partial charge < -0.3 is 9.80 Å². The van der Waals surface area contributed by atoms with Crippen molar-refractivity contribution in [3.8, 4) is 0 Å². The van der Waals surface area contributed by atoms with E-state index < -0.39 is 10.0 Å². The minimum atomic E-state index is -3.49. The lowest BCUT2D eigenvalue weighted by atomic mass is 9.98. The zero-order valence-corrected chi connectivity index (χ0v) is 19.6. The Balaban J connectivity index is 1.28. The van der Waals surface area contributed by atoms with Gasteiger partial charge in [-0.3, -0.25) is 9.69 Å². The van der Waals surface area contributed by atoms with Gasteiger partial charge >= 0.3 is 0 Å². The lowest BCUT2D eigenvalue weighted by molar-refractivity contribution is -0.138. The summed E-state index contributed by atoms with van der Waals surface area (Å²) in [5.41, 5.74) is 0. The SMILES string of the molecule is Cc1ccc(S(=O)(=O)N2CCCC(C(=O)N3CCN(CCN4CCCC4)CC3)C2)s1. The second kappa shape index (κ2) is 9.65. The van der Waals surface area contributed by atoms with Crippen molar-refractivity contribution in [2.45, 2.75) is 36.8 Å². The summed E-state index contributed by atoms with van der Waals surface area (Å²) < 4.78 is 27.9. The molecule has 1 amide bonds. The number of nitrogens with zero attached hydrogens (tertiary/aromatic N) is 4. The summed E-state index contributed by atoms with van der Waals surface area (Å²) in [6, 6.07) is 3.52. The van der Waals surface area contributed by atoms with Crippen LogP contribution in [0.15, 0.2) is 16.3 Å². The highest BCUT2D eigenvalue weighted by atomic mass is 32.2. The van der Waals surface area contributed by atoms with Crippen molar-refractivity contribution >= 4 is 27.3 Å². The number of aryl methyl sites for hydroxylation is 1. The van der Waals surface area contributed by atoms with Gasteiger partial charge in [0, 0.05) is 57.2 Å². The van der Waals surface area contributed by atoms with Crippen LogP contribution in [0.4, 0.5) is 0 Å². The lowest BCUT2D eigenvalue weighted by Crippen LogP contribution is -2.53. The van der Waals surface area contributed by atoms with Crippen LogP contribution in [0.1, 0.15) is 30.6 Å². The number of hydrogen-bond donors (Lipinski definition) is 0. The van der Waals surface area contributed by atoms with Crippen LogP contribution in [-0.2, 0) is 14.8 Å². The van der Waals surface area contributed by atoms with Crippen LogP contribution in [0.25, 0.3) is 0 Å². The van der Waals surface area contributed by atoms with Crippen LogP contribution >= 0.6 is 11.3 Å². The fourth-order valence-corrected chi connectivity index (χ4v) is 7.74. The molecule has 30 heavy (non-hydrogen) atoms. The number of sulfonamides is 1. The molecule has 0 N–H and O–H groups in total. The molecule has 0 aromatic carbocycles. The van der Waals surface area contributed by atoms with Gasteiger partial charge in [0.15, 0.2) is 0 Å². The highest BCUT2D eigenvalue weighted by molar-refractivity contribution is 7.91. The molecule has 1 aromatic heterocycles. The molecule has 168 valence electrons. The van der Waals surface area contributed by atoms with E-state index in [2.05, 4.69) is 9.80 Å². The van der Waals surface area contributed by atoms with Crippen LogP contribution in [0.2, 0.25) is 0 Å². The van der Waals surface area contributed by atoms with Crippen LogP contribution in [0.3, 0.4) is 0 Å². The molecule has 0 aliphatic carbocycles. The van der Waals surface area contributed by atoms with E-state index in [1.807, 2.05) is 17.9 Å². The third-order valence-corrected chi connectivity index (χ3v) is 9.99. The molecule has 9 heteroatoms. The fourth-order valence-electron chi connectivity index (χ4n) is 4.78. The van der Waals surface area contributed by atoms with E-state index >= 15 is 0 Å². The molecule has 4 heterocycles. The van der Waals surface area contributed by atoms with Crippen molar-refractivity contribution in [2.75, 3.05) is 65.4 Å². The lowest BCUT2D eigenvalue weighted by Gasteiger charge is -2.39. The Morgan fingerprint density at radius 2 is 1.63 bits per heavy atom. The van der Waals surface area contributed by atoms with Crippen molar-refractivity contribution in [3.05, 3.63) is 17.0 Å². The molecule has 7 nitrogen and oxygen atoms in total. The zero-order chi connectivity index (χ0) is 21.1. The predicted molar refractivity (Wildman–Crippen MR) is 119 cm³/mol. The van der Waals surface area contributed by atoms with E-state index in [0.717, 1.165) is 57.0 Å². The van der Waals surface area contributed by atoms with Gasteiger partial charge in [-0.05, 0) is 57.8 Å². The Morgan fingerprint density at radius 1 is 0.967 bits per heavy atom. The van der Waals surface area contributed by atoms with Gasteiger partial charge in [0.05, 0.1) is 5.92 Å². The van der Waals surface area contributed by atoms with E-state index in [1.54, 1.807) is 6.07 Å². The van der Waals surface area contributed by atoms with Gasteiger partial charge in [0.25, 0.3) is 10.0 Å². The van der Waals surface area contributed by atoms with Gasteiger partial charge in [0.2, 0.25) is 5.91 Å². The number of hydrogen-bond acceptors (Lipinski definition) is 6. The summed E-state index contributed by atoms with van der Waals surface area (Å²) in [5, 5.41) is 0. The minimum absolute atomic E-state index is 0.136. The number of carbonyl (C=O) groups is 1. The van der Waals surface area contributed by atoms with Crippen molar-refractivity contribution < 1.29 is 13.2 Å². The summed E-state index contributed by atoms with van der Waals surface area (Å²) in [5.74, 6) is -0.0813. The Morgan fingerprint density at radius 3 is 2.27 bits per heavy atom. The molecule has 0 spiro atoms. The van der Waals surface area contributed by atoms with E-state index in [9.17, 15) is 13.2 Å². The van der Waals surface area contributed by atoms with E-state index in [4.69, 9.17) is 0 Å². The maximum atomic E-state index is 13.1. The van der Waals surface area contributed by atoms with Crippen molar-refractivity contribution in [1.29, 1.82) is 0 Å². The average Bonchev–Trinajstić information content (AvgIpc) is 3.44. The quantitative estimate of drug-likeness (QED) is 0.655. The molecule has 1 atom stereocenters. The molecule has 3 aliphatic rings. The van der Waals surface area contributed by atoms with Crippen molar-refractivity contribution in [3.63, 3.8) is 0 Å². The van der Waals surface area contributed by atoms with Gasteiger partial charge in [-0.1, -0.05) is 0 Å². The maximum absolute atomic E-state index is 13.1. The first-order valence-corrected chi connectivity index (χ1v) is 13.5. The monoisotopic (exact) mass is 454 g/mol. The molecule has 1 aromatic rings. The number of thiophene rings is 1. The summed E-state index contributed by atoms with van der Waals surface area (Å²) in [6.07, 6.45) is 4.17. The van der Waals surface area contributed by atoms with Gasteiger partial charge in [0.1, 0.15) is 4.21 Å². The van der Waals surface area contributed by atoms with Gasteiger partial charge in [-0.25, -0.2) is 8.42 Å². The number of amides is 1. The molecule has 0 radical (unpaired) electrons. The highest BCUT2D eigenvalue weighted by Crippen LogP contribution is 2.29. The molecule has 1 unspecified atom stereocenters. The van der Waals surface area contributed by atoms with Crippen LogP contribution in [-0.4, -0.2) is 98.8 Å². The minimum Gasteiger partial charge on any atom is -0.340 e. The molecular formula is C21H34N4O3S2. The summed E-state index contributed by atoms with van der Waals surface area (Å²) in [7, 11) is -3.49. The molecule has 4 rings (SSSR count). The number of likely N-dealkylation sites (tertiary alicyclic amines) is 1. The number of piperazine rings is 1. The third-order valence-electron chi connectivity index (χ3n) is 6.66. The Kier molecular flexibility index (Phi) is 7.14. The standard InChI is InChI=1S/C21H34N4O3S2/c1-18-6-7-20(29-18)30(27,28)25-10-4-5-19(17-25)21(26)24-15-13-23(14-16-24)12-11-22-8-2-3-9-22/h6-7,19H,2-5,8-17H2,1H3. The second-order valence-electron chi connectivity index (χ2n) is 8.78. The maximum Gasteiger partial charge on any atom is 0.252 e. The topological polar surface area (TPSA) is 64.2 Å². The Bertz CT molecular complexity index is 827. The van der Waals surface area contributed by atoms with E-state index in [0.29, 0.717) is 17.3 Å². The summed E-state index contributed by atoms with van der Waals surface area (Å²) >= 11 is 1.31. The molecule has 3 saturated heterocycles. The van der Waals surface area contributed by atoms with E-state index in [1.165, 1.54) is 41.6 Å². The van der Waals surface area contributed by atoms with Gasteiger partial charge in [-0.15, -0.1) is 11.3 Å². The first kappa shape index (κ1) is 22.2. The number of rotatable bonds is 6. The predicted octanol–water partition coefficient (Wildman–Crippen LogP) is 1.70. The average molecular weight is 455 g/mol. The highest BCUT2D eigenvalue weighted by Gasteiger charge is 2.36. The molecule has 0 saturated carbocycles. The summed E-state index contributed by atoms with van der Waals surface area (Å²) in [4.78, 5) is 21.1. The first-order chi connectivity index (χ1) is 14.4. The summed E-state index contributed by atoms with van der Waals surface area (Å²) in [6.45, 7) is 10.8. The van der Waals surface area contributed by atoms with Crippen molar-refractivity contribution in [1.82, 2.24) is 19.0 Å². The van der Waals surface area contributed by atoms with Gasteiger partial charge in [-0.2, -0.15) is 4.31 Å². The van der Waals surface area contributed by atoms with E-state index in [-0.39, 0.29) is 11.8 Å². The van der Waals surface area contributed by atoms with Crippen LogP contribution < -0.4 is 0 Å². The molecule has 3 aliphatic heterocycles. The third kappa shape index (κ3) is 5.07. The van der Waals surface area contributed by atoms with Crippen LogP contribution in [0, 0.1) is 12.8 Å². The Labute approximate surface area is 184 Å². The van der Waals surface area contributed by atoms with Crippen molar-refractivity contribution in [2.24, 2.45) is 5.92 Å². The number of carbonyl (C=O) groups excluding carboxylic acids is 1. The number of piperidine rings is 1. The normalized spacial score (nSPS) is 25.1. The zero-order valence-electron chi connectivity index (χ0n) is 18.0. The Hall–Kier alpha value is -1.00. The first-order valence-electron chi connectivity index (χ1n) is 11.2. The molecular weight excluding hydrogens is 420 g/mol. The van der Waals surface area contributed by atoms with Crippen LogP contribution in [0.5, 0.6) is 0 Å². The largest absolute Gasteiger partial charge is 0.340 e.